The molecule has 1 unspecified atom stereocenters. The summed E-state index contributed by atoms with van der Waals surface area (Å²) < 4.78 is 166. The Kier molecular flexibility index (Phi) is 9.64. The summed E-state index contributed by atoms with van der Waals surface area (Å²) in [5.74, 6) is -1.95. The third kappa shape index (κ3) is 8.23. The standard InChI is InChI=1S/C13H13F9O9S2/c1-6(31-10(24)30-4-3-29-9(23)7(2)11(14,15)16)5-8(32(25,26)12(17,18)19)33(27,28)13(20,21)22/h6,8H,2-5H2,1H3. The number of halogens is 9. The topological polar surface area (TPSA) is 130 Å². The number of hydrogen-bond donors (Lipinski definition) is 0. The number of carbonyl (C=O) groups excluding carboxylic acids is 2. The van der Waals surface area contributed by atoms with Gasteiger partial charge in [-0.2, -0.15) is 39.5 Å². The van der Waals surface area contributed by atoms with Crippen LogP contribution in [-0.2, 0) is 38.7 Å². The van der Waals surface area contributed by atoms with E-state index in [9.17, 15) is 65.9 Å². The molecule has 0 aromatic heterocycles. The fourth-order valence-corrected chi connectivity index (χ4v) is 5.33. The Labute approximate surface area is 179 Å². The summed E-state index contributed by atoms with van der Waals surface area (Å²) in [7, 11) is -13.9. The second-order valence-electron chi connectivity index (χ2n) is 5.79. The van der Waals surface area contributed by atoms with Crippen LogP contribution in [0.2, 0.25) is 0 Å². The molecule has 0 aliphatic rings. The lowest BCUT2D eigenvalue weighted by molar-refractivity contribution is -0.151. The van der Waals surface area contributed by atoms with Crippen molar-refractivity contribution in [2.45, 2.75) is 41.2 Å². The minimum atomic E-state index is -6.96. The normalized spacial score (nSPS) is 14.5. The van der Waals surface area contributed by atoms with Crippen molar-refractivity contribution in [1.82, 2.24) is 0 Å². The van der Waals surface area contributed by atoms with E-state index < -0.39 is 84.9 Å². The molecule has 0 aliphatic heterocycles. The molecular weight excluding hydrogens is 535 g/mol. The zero-order valence-electron chi connectivity index (χ0n) is 15.9. The Hall–Kier alpha value is -2.25. The largest absolute Gasteiger partial charge is 0.508 e. The van der Waals surface area contributed by atoms with Gasteiger partial charge in [0.25, 0.3) is 19.7 Å². The first-order chi connectivity index (χ1) is 14.5. The Morgan fingerprint density at radius 3 is 1.58 bits per heavy atom. The highest BCUT2D eigenvalue weighted by Gasteiger charge is 2.63. The second-order valence-corrected chi connectivity index (χ2v) is 10.3. The van der Waals surface area contributed by atoms with E-state index in [2.05, 4.69) is 20.8 Å². The van der Waals surface area contributed by atoms with E-state index in [1.54, 1.807) is 0 Å². The molecule has 0 aromatic carbocycles. The number of sulfone groups is 2. The number of rotatable bonds is 9. The van der Waals surface area contributed by atoms with Crippen molar-refractivity contribution in [3.63, 3.8) is 0 Å². The molecule has 0 rings (SSSR count). The zero-order chi connectivity index (χ0) is 26.6. The smallest absolute Gasteiger partial charge is 0.458 e. The number of alkyl halides is 9. The lowest BCUT2D eigenvalue weighted by atomic mass is 10.3. The second kappa shape index (κ2) is 10.3. The van der Waals surface area contributed by atoms with Crippen LogP contribution < -0.4 is 0 Å². The summed E-state index contributed by atoms with van der Waals surface area (Å²) in [6, 6.07) is 0. The van der Waals surface area contributed by atoms with E-state index in [1.807, 2.05) is 0 Å². The number of ether oxygens (including phenoxy) is 3. The van der Waals surface area contributed by atoms with Crippen molar-refractivity contribution >= 4 is 31.8 Å². The zero-order valence-corrected chi connectivity index (χ0v) is 17.5. The fourth-order valence-electron chi connectivity index (χ4n) is 1.70. The summed E-state index contributed by atoms with van der Waals surface area (Å²) in [5, 5.41) is 0. The predicted octanol–water partition coefficient (Wildman–Crippen LogP) is 2.78. The van der Waals surface area contributed by atoms with Crippen LogP contribution in [0.3, 0.4) is 0 Å². The minimum absolute atomic E-state index is 0.527. The van der Waals surface area contributed by atoms with E-state index >= 15 is 0 Å². The van der Waals surface area contributed by atoms with Crippen molar-refractivity contribution in [2.75, 3.05) is 13.2 Å². The SMILES string of the molecule is C=C(C(=O)OCCOC(=O)OC(C)CC(S(=O)(=O)C(F)(F)F)S(=O)(=O)C(F)(F)F)C(F)(F)F. The van der Waals surface area contributed by atoms with Crippen LogP contribution >= 0.6 is 0 Å². The molecule has 1 atom stereocenters. The number of carbonyl (C=O) groups is 2. The first-order valence-electron chi connectivity index (χ1n) is 7.83. The molecule has 0 bridgehead atoms. The molecule has 20 heteroatoms. The van der Waals surface area contributed by atoms with Crippen LogP contribution in [0.25, 0.3) is 0 Å². The maximum absolute atomic E-state index is 12.6. The lowest BCUT2D eigenvalue weighted by Crippen LogP contribution is -2.46. The molecular formula is C13H13F9O9S2. The van der Waals surface area contributed by atoms with E-state index in [4.69, 9.17) is 0 Å². The van der Waals surface area contributed by atoms with Gasteiger partial charge in [0.15, 0.2) is 4.58 Å². The molecule has 0 spiro atoms. The van der Waals surface area contributed by atoms with Crippen LogP contribution in [0.5, 0.6) is 0 Å². The number of esters is 1. The molecule has 194 valence electrons. The monoisotopic (exact) mass is 548 g/mol. The van der Waals surface area contributed by atoms with E-state index in [-0.39, 0.29) is 0 Å². The van der Waals surface area contributed by atoms with Gasteiger partial charge >= 0.3 is 29.3 Å². The highest BCUT2D eigenvalue weighted by molar-refractivity contribution is 8.09. The number of hydrogen-bond acceptors (Lipinski definition) is 9. The van der Waals surface area contributed by atoms with Gasteiger partial charge in [-0.15, -0.1) is 0 Å². The average Bonchev–Trinajstić information content (AvgIpc) is 2.59. The Morgan fingerprint density at radius 1 is 0.818 bits per heavy atom. The van der Waals surface area contributed by atoms with Gasteiger partial charge in [-0.05, 0) is 6.92 Å². The van der Waals surface area contributed by atoms with Gasteiger partial charge < -0.3 is 14.2 Å². The molecule has 0 heterocycles. The molecule has 0 radical (unpaired) electrons. The fraction of sp³-hybridized carbons (Fsp3) is 0.692. The molecule has 0 saturated carbocycles. The van der Waals surface area contributed by atoms with Crippen LogP contribution in [0.15, 0.2) is 12.2 Å². The van der Waals surface area contributed by atoms with Gasteiger partial charge in [-0.1, -0.05) is 6.58 Å². The predicted molar refractivity (Wildman–Crippen MR) is 86.4 cm³/mol. The third-order valence-electron chi connectivity index (χ3n) is 3.28. The van der Waals surface area contributed by atoms with Gasteiger partial charge in [0.05, 0.1) is 0 Å². The van der Waals surface area contributed by atoms with Crippen molar-refractivity contribution in [3.8, 4) is 0 Å². The molecule has 0 saturated heterocycles. The quantitative estimate of drug-likeness (QED) is 0.185. The van der Waals surface area contributed by atoms with E-state index in [0.29, 0.717) is 6.92 Å². The van der Waals surface area contributed by atoms with Gasteiger partial charge in [-0.3, -0.25) is 0 Å². The van der Waals surface area contributed by atoms with Crippen molar-refractivity contribution in [3.05, 3.63) is 12.2 Å². The van der Waals surface area contributed by atoms with Crippen LogP contribution in [0.4, 0.5) is 44.3 Å². The molecule has 33 heavy (non-hydrogen) atoms. The Balaban J connectivity index is 5.16. The maximum atomic E-state index is 12.6. The maximum Gasteiger partial charge on any atom is 0.508 e. The highest BCUT2D eigenvalue weighted by Crippen LogP contribution is 2.38. The molecule has 0 aliphatic carbocycles. The summed E-state index contributed by atoms with van der Waals surface area (Å²) in [6.45, 7) is 0.874. The Morgan fingerprint density at radius 2 is 1.21 bits per heavy atom. The lowest BCUT2D eigenvalue weighted by Gasteiger charge is -2.23. The van der Waals surface area contributed by atoms with E-state index in [1.165, 1.54) is 0 Å². The molecule has 0 amide bonds. The van der Waals surface area contributed by atoms with Crippen LogP contribution in [0, 0.1) is 0 Å². The summed E-state index contributed by atoms with van der Waals surface area (Å²) in [4.78, 5) is 22.3. The van der Waals surface area contributed by atoms with Crippen molar-refractivity contribution in [2.24, 2.45) is 0 Å². The summed E-state index contributed by atoms with van der Waals surface area (Å²) in [5.41, 5.74) is -14.7. The molecule has 0 aromatic rings. The molecule has 9 nitrogen and oxygen atoms in total. The van der Waals surface area contributed by atoms with Gasteiger partial charge in [-0.25, -0.2) is 26.4 Å². The van der Waals surface area contributed by atoms with Gasteiger partial charge in [0.2, 0.25) is 0 Å². The highest BCUT2D eigenvalue weighted by atomic mass is 32.3. The molecule has 0 N–H and O–H groups in total. The average molecular weight is 548 g/mol. The molecule has 0 fully saturated rings. The Bertz CT molecular complexity index is 903. The summed E-state index contributed by atoms with van der Waals surface area (Å²) >= 11 is 0. The minimum Gasteiger partial charge on any atom is -0.458 e. The van der Waals surface area contributed by atoms with Crippen LogP contribution in [0.1, 0.15) is 13.3 Å². The van der Waals surface area contributed by atoms with Crippen molar-refractivity contribution < 1.29 is 80.1 Å². The van der Waals surface area contributed by atoms with Gasteiger partial charge in [0.1, 0.15) is 24.9 Å². The first-order valence-corrected chi connectivity index (χ1v) is 10.9. The van der Waals surface area contributed by atoms with E-state index in [0.717, 1.165) is 0 Å². The van der Waals surface area contributed by atoms with Gasteiger partial charge in [0, 0.05) is 6.42 Å². The van der Waals surface area contributed by atoms with Crippen LogP contribution in [-0.4, -0.2) is 70.1 Å². The first kappa shape index (κ1) is 30.8. The summed E-state index contributed by atoms with van der Waals surface area (Å²) in [6.07, 6.45) is -11.3. The van der Waals surface area contributed by atoms with Crippen molar-refractivity contribution in [1.29, 1.82) is 0 Å². The third-order valence-corrected chi connectivity index (χ3v) is 7.86.